The first-order chi connectivity index (χ1) is 15.1. The van der Waals surface area contributed by atoms with Crippen LogP contribution >= 0.6 is 0 Å². The third-order valence-electron chi connectivity index (χ3n) is 6.36. The molecule has 1 saturated carbocycles. The van der Waals surface area contributed by atoms with Crippen molar-refractivity contribution in [2.75, 3.05) is 7.11 Å². The summed E-state index contributed by atoms with van der Waals surface area (Å²) in [5, 5.41) is 8.50. The summed E-state index contributed by atoms with van der Waals surface area (Å²) in [6.45, 7) is 0.710. The highest BCUT2D eigenvalue weighted by atomic mass is 16.5. The highest BCUT2D eigenvalue weighted by Crippen LogP contribution is 2.37. The van der Waals surface area contributed by atoms with Crippen molar-refractivity contribution in [3.63, 3.8) is 0 Å². The van der Waals surface area contributed by atoms with Gasteiger partial charge >= 0.3 is 5.69 Å². The van der Waals surface area contributed by atoms with Gasteiger partial charge in [-0.05, 0) is 55.9 Å². The van der Waals surface area contributed by atoms with E-state index in [-0.39, 0.29) is 11.6 Å². The molecular weight excluding hydrogens is 394 g/mol. The summed E-state index contributed by atoms with van der Waals surface area (Å²) in [5.74, 6) is 2.71. The van der Waals surface area contributed by atoms with Crippen LogP contribution in [-0.4, -0.2) is 31.4 Å². The first kappa shape index (κ1) is 19.5. The molecule has 0 atom stereocenters. The number of aromatic nitrogens is 5. The van der Waals surface area contributed by atoms with Crippen LogP contribution in [0, 0.1) is 5.92 Å². The average molecular weight is 419 g/mol. The Balaban J connectivity index is 1.29. The average Bonchev–Trinajstić information content (AvgIpc) is 3.40. The molecule has 1 fully saturated rings. The van der Waals surface area contributed by atoms with Crippen molar-refractivity contribution < 1.29 is 9.15 Å². The molecular formula is C23H25N5O3. The zero-order valence-corrected chi connectivity index (χ0v) is 17.7. The third-order valence-corrected chi connectivity index (χ3v) is 6.36. The van der Waals surface area contributed by atoms with Gasteiger partial charge in [0.1, 0.15) is 5.75 Å². The first-order valence-electron chi connectivity index (χ1n) is 10.6. The second-order valence-electron chi connectivity index (χ2n) is 8.21. The molecule has 0 radical (unpaired) electrons. The lowest BCUT2D eigenvalue weighted by molar-refractivity contribution is 0.270. The van der Waals surface area contributed by atoms with Crippen LogP contribution in [0.25, 0.3) is 22.5 Å². The van der Waals surface area contributed by atoms with E-state index in [0.29, 0.717) is 24.2 Å². The molecule has 0 spiro atoms. The van der Waals surface area contributed by atoms with Crippen molar-refractivity contribution in [2.24, 2.45) is 13.0 Å². The minimum absolute atomic E-state index is 0.0178. The summed E-state index contributed by atoms with van der Waals surface area (Å²) in [7, 11) is 3.46. The van der Waals surface area contributed by atoms with Crippen molar-refractivity contribution in [1.82, 2.24) is 24.3 Å². The normalized spacial score (nSPS) is 19.0. The highest BCUT2D eigenvalue weighted by molar-refractivity contribution is 5.77. The second-order valence-corrected chi connectivity index (χ2v) is 8.21. The van der Waals surface area contributed by atoms with Gasteiger partial charge in [-0.25, -0.2) is 4.79 Å². The van der Waals surface area contributed by atoms with Gasteiger partial charge in [-0.15, -0.1) is 10.2 Å². The molecule has 31 heavy (non-hydrogen) atoms. The summed E-state index contributed by atoms with van der Waals surface area (Å²) in [6.07, 6.45) is 7.43. The van der Waals surface area contributed by atoms with E-state index in [0.717, 1.165) is 48.0 Å². The molecule has 0 aliphatic heterocycles. The maximum Gasteiger partial charge on any atom is 0.328 e. The molecule has 8 heteroatoms. The quantitative estimate of drug-likeness (QED) is 0.489. The number of fused-ring (bicyclic) bond motifs is 1. The maximum absolute atomic E-state index is 12.8. The minimum atomic E-state index is 0.0178. The number of benzene rings is 1. The molecule has 4 aromatic rings. The van der Waals surface area contributed by atoms with Crippen molar-refractivity contribution >= 4 is 11.0 Å². The number of aryl methyl sites for hydroxylation is 1. The predicted molar refractivity (Wildman–Crippen MR) is 116 cm³/mol. The Labute approximate surface area is 179 Å². The van der Waals surface area contributed by atoms with Crippen LogP contribution in [0.3, 0.4) is 0 Å². The van der Waals surface area contributed by atoms with Gasteiger partial charge in [0.05, 0.1) is 18.1 Å². The lowest BCUT2D eigenvalue weighted by Crippen LogP contribution is -2.27. The fourth-order valence-corrected chi connectivity index (χ4v) is 4.55. The molecule has 1 aromatic carbocycles. The number of rotatable bonds is 5. The number of hydrogen-bond acceptors (Lipinski definition) is 6. The second kappa shape index (κ2) is 8.02. The zero-order valence-electron chi connectivity index (χ0n) is 17.7. The number of pyridine rings is 1. The molecule has 0 unspecified atom stereocenters. The molecule has 3 aromatic heterocycles. The summed E-state index contributed by atoms with van der Waals surface area (Å²) in [6, 6.07) is 9.51. The third kappa shape index (κ3) is 3.62. The molecule has 0 saturated heterocycles. The maximum atomic E-state index is 12.8. The van der Waals surface area contributed by atoms with Gasteiger partial charge in [0, 0.05) is 43.5 Å². The van der Waals surface area contributed by atoms with Crippen LogP contribution in [0.1, 0.15) is 37.5 Å². The molecule has 3 heterocycles. The molecule has 0 bridgehead atoms. The number of hydrogen-bond donors (Lipinski definition) is 0. The van der Waals surface area contributed by atoms with Crippen molar-refractivity contribution in [3.8, 4) is 17.2 Å². The van der Waals surface area contributed by atoms with Crippen LogP contribution in [-0.2, 0) is 13.6 Å². The molecule has 5 rings (SSSR count). The number of nitrogens with zero attached hydrogens (tertiary/aromatic N) is 5. The van der Waals surface area contributed by atoms with E-state index in [1.54, 1.807) is 24.1 Å². The summed E-state index contributed by atoms with van der Waals surface area (Å²) < 4.78 is 14.9. The SMILES string of the molecule is COc1ccc2c(c1)n(CC1CCC(c3nnc(-c4ccncc4)o3)CC1)c(=O)n2C. The van der Waals surface area contributed by atoms with Gasteiger partial charge in [0.2, 0.25) is 11.8 Å². The van der Waals surface area contributed by atoms with E-state index in [9.17, 15) is 4.79 Å². The van der Waals surface area contributed by atoms with Gasteiger partial charge in [-0.3, -0.25) is 14.1 Å². The lowest BCUT2D eigenvalue weighted by Gasteiger charge is -2.26. The smallest absolute Gasteiger partial charge is 0.328 e. The molecule has 160 valence electrons. The Morgan fingerprint density at radius 2 is 1.84 bits per heavy atom. The molecule has 1 aliphatic rings. The van der Waals surface area contributed by atoms with Gasteiger partial charge < -0.3 is 9.15 Å². The van der Waals surface area contributed by atoms with Crippen LogP contribution < -0.4 is 10.4 Å². The van der Waals surface area contributed by atoms with E-state index in [1.807, 2.05) is 41.9 Å². The summed E-state index contributed by atoms with van der Waals surface area (Å²) in [5.41, 5.74) is 2.75. The standard InChI is InChI=1S/C23H25N5O3/c1-27-19-8-7-18(30-2)13-20(19)28(23(27)29)14-15-3-5-16(6-4-15)21-25-26-22(31-21)17-9-11-24-12-10-17/h7-13,15-16H,3-6,14H2,1-2H3. The minimum Gasteiger partial charge on any atom is -0.497 e. The van der Waals surface area contributed by atoms with E-state index >= 15 is 0 Å². The van der Waals surface area contributed by atoms with Crippen LogP contribution in [0.15, 0.2) is 51.9 Å². The fraction of sp³-hybridized carbons (Fsp3) is 0.391. The Hall–Kier alpha value is -3.42. The van der Waals surface area contributed by atoms with Crippen LogP contribution in [0.2, 0.25) is 0 Å². The van der Waals surface area contributed by atoms with Crippen molar-refractivity contribution in [2.45, 2.75) is 38.1 Å². The van der Waals surface area contributed by atoms with E-state index < -0.39 is 0 Å². The Morgan fingerprint density at radius 1 is 1.06 bits per heavy atom. The fourth-order valence-electron chi connectivity index (χ4n) is 4.55. The van der Waals surface area contributed by atoms with Crippen molar-refractivity contribution in [1.29, 1.82) is 0 Å². The molecule has 8 nitrogen and oxygen atoms in total. The Bertz CT molecular complexity index is 1250. The van der Waals surface area contributed by atoms with Gasteiger partial charge in [0.25, 0.3) is 0 Å². The number of imidazole rings is 1. The van der Waals surface area contributed by atoms with Gasteiger partial charge in [-0.1, -0.05) is 0 Å². The van der Waals surface area contributed by atoms with Crippen molar-refractivity contribution in [3.05, 3.63) is 59.1 Å². The van der Waals surface area contributed by atoms with Crippen LogP contribution in [0.5, 0.6) is 5.75 Å². The molecule has 1 aliphatic carbocycles. The number of ether oxygens (including phenoxy) is 1. The largest absolute Gasteiger partial charge is 0.497 e. The Kier molecular flexibility index (Phi) is 5.05. The Morgan fingerprint density at radius 3 is 2.58 bits per heavy atom. The van der Waals surface area contributed by atoms with E-state index in [2.05, 4.69) is 15.2 Å². The zero-order chi connectivity index (χ0) is 21.4. The summed E-state index contributed by atoms with van der Waals surface area (Å²) >= 11 is 0. The van der Waals surface area contributed by atoms with Crippen LogP contribution in [0.4, 0.5) is 0 Å². The topological polar surface area (TPSA) is 88.0 Å². The molecule has 0 N–H and O–H groups in total. The number of methoxy groups -OCH3 is 1. The lowest BCUT2D eigenvalue weighted by atomic mass is 9.82. The monoisotopic (exact) mass is 419 g/mol. The van der Waals surface area contributed by atoms with Gasteiger partial charge in [-0.2, -0.15) is 0 Å². The van der Waals surface area contributed by atoms with E-state index in [4.69, 9.17) is 9.15 Å². The van der Waals surface area contributed by atoms with E-state index in [1.165, 1.54) is 0 Å². The highest BCUT2D eigenvalue weighted by Gasteiger charge is 2.27. The first-order valence-corrected chi connectivity index (χ1v) is 10.6. The summed E-state index contributed by atoms with van der Waals surface area (Å²) in [4.78, 5) is 16.9. The van der Waals surface area contributed by atoms with Gasteiger partial charge in [0.15, 0.2) is 0 Å². The predicted octanol–water partition coefficient (Wildman–Crippen LogP) is 3.77. The molecule has 0 amide bonds.